The van der Waals surface area contributed by atoms with Crippen molar-refractivity contribution in [3.8, 4) is 0 Å². The molecule has 1 aromatic heterocycles. The van der Waals surface area contributed by atoms with Crippen molar-refractivity contribution in [2.24, 2.45) is 5.73 Å². The number of aliphatic hydroxyl groups is 1. The predicted molar refractivity (Wildman–Crippen MR) is 53.6 cm³/mol. The van der Waals surface area contributed by atoms with Crippen LogP contribution < -0.4 is 5.73 Å². The van der Waals surface area contributed by atoms with Crippen LogP contribution in [0.15, 0.2) is 12.7 Å². The minimum atomic E-state index is -0.442. The van der Waals surface area contributed by atoms with Gasteiger partial charge in [-0.2, -0.15) is 5.10 Å². The molecule has 0 amide bonds. The molecule has 0 aliphatic carbocycles. The van der Waals surface area contributed by atoms with Gasteiger partial charge in [-0.3, -0.25) is 4.68 Å². The maximum Gasteiger partial charge on any atom is 0.137 e. The van der Waals surface area contributed by atoms with E-state index in [4.69, 9.17) is 10.8 Å². The topological polar surface area (TPSA) is 77.0 Å². The first-order chi connectivity index (χ1) is 6.64. The Kier molecular flexibility index (Phi) is 4.03. The molecular weight excluding hydrogens is 180 g/mol. The van der Waals surface area contributed by atoms with Gasteiger partial charge in [0.05, 0.1) is 6.61 Å². The quantitative estimate of drug-likeness (QED) is 0.638. The van der Waals surface area contributed by atoms with E-state index in [2.05, 4.69) is 10.1 Å². The highest BCUT2D eigenvalue weighted by Gasteiger charge is 2.15. The average molecular weight is 198 g/mol. The molecule has 1 aromatic rings. The molecule has 0 aliphatic rings. The SMILES string of the molecule is CC(N)(CO)CCCCn1cncn1. The molecule has 3 N–H and O–H groups in total. The summed E-state index contributed by atoms with van der Waals surface area (Å²) in [5, 5.41) is 12.9. The molecule has 0 bridgehead atoms. The van der Waals surface area contributed by atoms with Gasteiger partial charge in [-0.05, 0) is 26.2 Å². The number of unbranched alkanes of at least 4 members (excludes halogenated alkanes) is 1. The molecule has 1 atom stereocenters. The summed E-state index contributed by atoms with van der Waals surface area (Å²) in [7, 11) is 0. The summed E-state index contributed by atoms with van der Waals surface area (Å²) >= 11 is 0. The number of hydrogen-bond acceptors (Lipinski definition) is 4. The molecule has 5 nitrogen and oxygen atoms in total. The van der Waals surface area contributed by atoms with E-state index in [-0.39, 0.29) is 6.61 Å². The lowest BCUT2D eigenvalue weighted by Gasteiger charge is -2.21. The Morgan fingerprint density at radius 1 is 1.50 bits per heavy atom. The van der Waals surface area contributed by atoms with Crippen molar-refractivity contribution in [1.29, 1.82) is 0 Å². The third kappa shape index (κ3) is 3.85. The maximum absolute atomic E-state index is 8.92. The van der Waals surface area contributed by atoms with Crippen LogP contribution in [0.4, 0.5) is 0 Å². The van der Waals surface area contributed by atoms with Gasteiger partial charge < -0.3 is 10.8 Å². The van der Waals surface area contributed by atoms with Crippen molar-refractivity contribution >= 4 is 0 Å². The molecule has 14 heavy (non-hydrogen) atoms. The molecule has 1 unspecified atom stereocenters. The second-order valence-corrected chi connectivity index (χ2v) is 3.93. The smallest absolute Gasteiger partial charge is 0.137 e. The Morgan fingerprint density at radius 3 is 2.86 bits per heavy atom. The molecule has 1 heterocycles. The summed E-state index contributed by atoms with van der Waals surface area (Å²) in [4.78, 5) is 3.85. The van der Waals surface area contributed by atoms with Crippen LogP contribution in [0.1, 0.15) is 26.2 Å². The molecule has 0 fully saturated rings. The first-order valence-corrected chi connectivity index (χ1v) is 4.86. The molecule has 0 saturated heterocycles. The fourth-order valence-electron chi connectivity index (χ4n) is 1.23. The number of nitrogens with zero attached hydrogens (tertiary/aromatic N) is 3. The van der Waals surface area contributed by atoms with Crippen molar-refractivity contribution < 1.29 is 5.11 Å². The lowest BCUT2D eigenvalue weighted by molar-refractivity contribution is 0.197. The van der Waals surface area contributed by atoms with Gasteiger partial charge in [-0.1, -0.05) is 0 Å². The van der Waals surface area contributed by atoms with Crippen LogP contribution in [0.5, 0.6) is 0 Å². The van der Waals surface area contributed by atoms with Crippen LogP contribution in [0.25, 0.3) is 0 Å². The van der Waals surface area contributed by atoms with Crippen molar-refractivity contribution in [3.05, 3.63) is 12.7 Å². The van der Waals surface area contributed by atoms with E-state index in [1.165, 1.54) is 6.33 Å². The summed E-state index contributed by atoms with van der Waals surface area (Å²) < 4.78 is 1.80. The van der Waals surface area contributed by atoms with E-state index in [0.29, 0.717) is 0 Å². The Balaban J connectivity index is 2.11. The molecule has 0 spiro atoms. The maximum atomic E-state index is 8.92. The minimum absolute atomic E-state index is 0.0380. The van der Waals surface area contributed by atoms with E-state index < -0.39 is 5.54 Å². The summed E-state index contributed by atoms with van der Waals surface area (Å²) in [6.07, 6.45) is 6.07. The van der Waals surface area contributed by atoms with E-state index in [9.17, 15) is 0 Å². The predicted octanol–water partition coefficient (Wildman–Crippen LogP) is 0.158. The van der Waals surface area contributed by atoms with Gasteiger partial charge in [-0.25, -0.2) is 4.98 Å². The van der Waals surface area contributed by atoms with Gasteiger partial charge in [0.2, 0.25) is 0 Å². The number of hydrogen-bond donors (Lipinski definition) is 2. The largest absolute Gasteiger partial charge is 0.394 e. The van der Waals surface area contributed by atoms with Gasteiger partial charge in [0.15, 0.2) is 0 Å². The van der Waals surface area contributed by atoms with Gasteiger partial charge >= 0.3 is 0 Å². The number of aliphatic hydroxyl groups excluding tert-OH is 1. The van der Waals surface area contributed by atoms with E-state index >= 15 is 0 Å². The Hall–Kier alpha value is -0.940. The summed E-state index contributed by atoms with van der Waals surface area (Å²) in [5.74, 6) is 0. The second kappa shape index (κ2) is 5.07. The first kappa shape index (κ1) is 11.1. The molecule has 0 saturated carbocycles. The van der Waals surface area contributed by atoms with Crippen LogP contribution >= 0.6 is 0 Å². The Bertz CT molecular complexity index is 245. The zero-order valence-electron chi connectivity index (χ0n) is 8.56. The van der Waals surface area contributed by atoms with Crippen LogP contribution in [0.3, 0.4) is 0 Å². The summed E-state index contributed by atoms with van der Waals surface area (Å²) in [6, 6.07) is 0. The molecule has 0 aliphatic heterocycles. The second-order valence-electron chi connectivity index (χ2n) is 3.93. The normalized spacial score (nSPS) is 15.4. The number of rotatable bonds is 6. The van der Waals surface area contributed by atoms with E-state index in [1.54, 1.807) is 11.0 Å². The van der Waals surface area contributed by atoms with E-state index in [1.807, 2.05) is 6.92 Å². The van der Waals surface area contributed by atoms with Crippen LogP contribution in [0.2, 0.25) is 0 Å². The van der Waals surface area contributed by atoms with Gasteiger partial charge in [-0.15, -0.1) is 0 Å². The molecular formula is C9H18N4O. The molecule has 0 radical (unpaired) electrons. The molecule has 0 aromatic carbocycles. The molecule has 1 rings (SSSR count). The fourth-order valence-corrected chi connectivity index (χ4v) is 1.23. The Labute approximate surface area is 83.9 Å². The number of aromatic nitrogens is 3. The highest BCUT2D eigenvalue weighted by atomic mass is 16.3. The molecule has 5 heteroatoms. The third-order valence-electron chi connectivity index (χ3n) is 2.21. The highest BCUT2D eigenvalue weighted by Crippen LogP contribution is 2.09. The third-order valence-corrected chi connectivity index (χ3v) is 2.21. The van der Waals surface area contributed by atoms with Crippen molar-refractivity contribution in [3.63, 3.8) is 0 Å². The number of aryl methyl sites for hydroxylation is 1. The number of nitrogens with two attached hydrogens (primary N) is 1. The molecule has 80 valence electrons. The van der Waals surface area contributed by atoms with Crippen LogP contribution in [-0.4, -0.2) is 32.0 Å². The first-order valence-electron chi connectivity index (χ1n) is 4.86. The van der Waals surface area contributed by atoms with Crippen LogP contribution in [0, 0.1) is 0 Å². The summed E-state index contributed by atoms with van der Waals surface area (Å²) in [6.45, 7) is 2.76. The zero-order chi connectivity index (χ0) is 10.4. The van der Waals surface area contributed by atoms with Gasteiger partial charge in [0.1, 0.15) is 12.7 Å². The van der Waals surface area contributed by atoms with Crippen LogP contribution in [-0.2, 0) is 6.54 Å². The van der Waals surface area contributed by atoms with E-state index in [0.717, 1.165) is 25.8 Å². The van der Waals surface area contributed by atoms with Crippen molar-refractivity contribution in [2.45, 2.75) is 38.3 Å². The van der Waals surface area contributed by atoms with Gasteiger partial charge in [0.25, 0.3) is 0 Å². The fraction of sp³-hybridized carbons (Fsp3) is 0.778. The monoisotopic (exact) mass is 198 g/mol. The summed E-state index contributed by atoms with van der Waals surface area (Å²) in [5.41, 5.74) is 5.35. The van der Waals surface area contributed by atoms with Crippen molar-refractivity contribution in [2.75, 3.05) is 6.61 Å². The highest BCUT2D eigenvalue weighted by molar-refractivity contribution is 4.76. The lowest BCUT2D eigenvalue weighted by Crippen LogP contribution is -2.39. The standard InChI is InChI=1S/C9H18N4O/c1-9(10,6-14)4-2-3-5-13-8-11-7-12-13/h7-8,14H,2-6,10H2,1H3. The van der Waals surface area contributed by atoms with Gasteiger partial charge in [0, 0.05) is 12.1 Å². The minimum Gasteiger partial charge on any atom is -0.394 e. The zero-order valence-corrected chi connectivity index (χ0v) is 8.56. The van der Waals surface area contributed by atoms with Crippen molar-refractivity contribution in [1.82, 2.24) is 14.8 Å². The average Bonchev–Trinajstić information content (AvgIpc) is 2.65. The Morgan fingerprint density at radius 2 is 2.29 bits per heavy atom. The lowest BCUT2D eigenvalue weighted by atomic mass is 9.97.